The molecule has 1 aliphatic rings. The number of fused-ring (bicyclic) bond motifs is 1. The summed E-state index contributed by atoms with van der Waals surface area (Å²) in [5.41, 5.74) is 3.29. The highest BCUT2D eigenvalue weighted by molar-refractivity contribution is 6.35. The first kappa shape index (κ1) is 19.8. The monoisotopic (exact) mass is 415 g/mol. The Morgan fingerprint density at radius 2 is 1.71 bits per heavy atom. The molecule has 0 unspecified atom stereocenters. The fraction of sp³-hybridized carbons (Fsp3) is 0.435. The SMILES string of the molecule is Clc1ccc(Cn2c(CCCN3CCCCCC3)nc3ccccc32)c(Cl)c1. The van der Waals surface area contributed by atoms with Crippen LogP contribution in [0.2, 0.25) is 10.0 Å². The van der Waals surface area contributed by atoms with Gasteiger partial charge in [0.1, 0.15) is 5.82 Å². The quantitative estimate of drug-likeness (QED) is 0.477. The zero-order valence-corrected chi connectivity index (χ0v) is 17.7. The molecule has 2 aromatic carbocycles. The third-order valence-corrected chi connectivity index (χ3v) is 6.24. The molecule has 5 heteroatoms. The predicted molar refractivity (Wildman–Crippen MR) is 119 cm³/mol. The number of hydrogen-bond donors (Lipinski definition) is 0. The molecular formula is C23H27Cl2N3. The van der Waals surface area contributed by atoms with Gasteiger partial charge >= 0.3 is 0 Å². The number of aromatic nitrogens is 2. The first-order chi connectivity index (χ1) is 13.7. The van der Waals surface area contributed by atoms with E-state index in [0.29, 0.717) is 10.0 Å². The van der Waals surface area contributed by atoms with Crippen molar-refractivity contribution in [1.29, 1.82) is 0 Å². The predicted octanol–water partition coefficient (Wildman–Crippen LogP) is 6.20. The van der Waals surface area contributed by atoms with Crippen LogP contribution in [0.1, 0.15) is 43.5 Å². The van der Waals surface area contributed by atoms with E-state index < -0.39 is 0 Å². The standard InChI is InChI=1S/C23H27Cl2N3/c24-19-12-11-18(20(25)16-19)17-28-22-9-4-3-8-21(22)26-23(28)10-7-15-27-13-5-1-2-6-14-27/h3-4,8-9,11-12,16H,1-2,5-7,10,13-15,17H2. The van der Waals surface area contributed by atoms with Gasteiger partial charge in [0.2, 0.25) is 0 Å². The molecule has 148 valence electrons. The second-order valence-electron chi connectivity index (χ2n) is 7.70. The van der Waals surface area contributed by atoms with Gasteiger partial charge in [-0.15, -0.1) is 0 Å². The van der Waals surface area contributed by atoms with Gasteiger partial charge in [0.15, 0.2) is 0 Å². The van der Waals surface area contributed by atoms with E-state index in [-0.39, 0.29) is 0 Å². The van der Waals surface area contributed by atoms with Crippen molar-refractivity contribution in [2.75, 3.05) is 19.6 Å². The molecular weight excluding hydrogens is 389 g/mol. The maximum Gasteiger partial charge on any atom is 0.110 e. The highest BCUT2D eigenvalue weighted by Gasteiger charge is 2.14. The molecule has 1 saturated heterocycles. The fourth-order valence-corrected chi connectivity index (χ4v) is 4.60. The lowest BCUT2D eigenvalue weighted by molar-refractivity contribution is 0.280. The molecule has 0 atom stereocenters. The van der Waals surface area contributed by atoms with Crippen LogP contribution in [0.25, 0.3) is 11.0 Å². The van der Waals surface area contributed by atoms with E-state index in [1.807, 2.05) is 18.2 Å². The molecule has 0 radical (unpaired) electrons. The second-order valence-corrected chi connectivity index (χ2v) is 8.54. The van der Waals surface area contributed by atoms with Gasteiger partial charge in [-0.25, -0.2) is 4.98 Å². The molecule has 3 aromatic rings. The number of hydrogen-bond acceptors (Lipinski definition) is 2. The molecule has 4 rings (SSSR count). The van der Waals surface area contributed by atoms with Crippen LogP contribution in [-0.4, -0.2) is 34.1 Å². The highest BCUT2D eigenvalue weighted by Crippen LogP contribution is 2.25. The number of rotatable bonds is 6. The molecule has 0 amide bonds. The zero-order valence-electron chi connectivity index (χ0n) is 16.2. The number of likely N-dealkylation sites (tertiary alicyclic amines) is 1. The van der Waals surface area contributed by atoms with E-state index in [4.69, 9.17) is 28.2 Å². The molecule has 28 heavy (non-hydrogen) atoms. The van der Waals surface area contributed by atoms with Crippen molar-refractivity contribution in [2.24, 2.45) is 0 Å². The normalized spacial score (nSPS) is 15.8. The summed E-state index contributed by atoms with van der Waals surface area (Å²) in [5, 5.41) is 1.38. The Kier molecular flexibility index (Phi) is 6.56. The summed E-state index contributed by atoms with van der Waals surface area (Å²) >= 11 is 12.5. The van der Waals surface area contributed by atoms with Crippen LogP contribution in [-0.2, 0) is 13.0 Å². The Hall–Kier alpha value is -1.55. The summed E-state index contributed by atoms with van der Waals surface area (Å²) < 4.78 is 2.31. The molecule has 3 nitrogen and oxygen atoms in total. The van der Waals surface area contributed by atoms with Gasteiger partial charge in [-0.1, -0.05) is 54.2 Å². The summed E-state index contributed by atoms with van der Waals surface area (Å²) in [6.07, 6.45) is 7.57. The lowest BCUT2D eigenvalue weighted by Crippen LogP contribution is -2.26. The van der Waals surface area contributed by atoms with Crippen molar-refractivity contribution in [3.05, 3.63) is 63.9 Å². The molecule has 2 heterocycles. The van der Waals surface area contributed by atoms with Crippen molar-refractivity contribution >= 4 is 34.2 Å². The largest absolute Gasteiger partial charge is 0.323 e. The average molecular weight is 416 g/mol. The molecule has 0 bridgehead atoms. The maximum atomic E-state index is 6.45. The van der Waals surface area contributed by atoms with Crippen molar-refractivity contribution in [2.45, 2.75) is 45.1 Å². The second kappa shape index (κ2) is 9.30. The van der Waals surface area contributed by atoms with Gasteiger partial charge in [0.05, 0.1) is 17.6 Å². The minimum Gasteiger partial charge on any atom is -0.323 e. The number of imidazole rings is 1. The third-order valence-electron chi connectivity index (χ3n) is 5.65. The van der Waals surface area contributed by atoms with Gasteiger partial charge < -0.3 is 9.47 Å². The van der Waals surface area contributed by atoms with Gasteiger partial charge in [0.25, 0.3) is 0 Å². The summed E-state index contributed by atoms with van der Waals surface area (Å²) in [6, 6.07) is 14.1. The average Bonchev–Trinajstić information content (AvgIpc) is 2.85. The van der Waals surface area contributed by atoms with Crippen molar-refractivity contribution in [3.8, 4) is 0 Å². The fourth-order valence-electron chi connectivity index (χ4n) is 4.13. The van der Waals surface area contributed by atoms with Gasteiger partial charge in [-0.2, -0.15) is 0 Å². The number of para-hydroxylation sites is 2. The van der Waals surface area contributed by atoms with Crippen molar-refractivity contribution < 1.29 is 0 Å². The van der Waals surface area contributed by atoms with Gasteiger partial charge in [0, 0.05) is 16.5 Å². The Labute approximate surface area is 177 Å². The zero-order chi connectivity index (χ0) is 19.3. The number of nitrogens with zero attached hydrogens (tertiary/aromatic N) is 3. The van der Waals surface area contributed by atoms with Crippen LogP contribution in [0.15, 0.2) is 42.5 Å². The minimum atomic E-state index is 0.668. The first-order valence-corrected chi connectivity index (χ1v) is 11.1. The van der Waals surface area contributed by atoms with Crippen LogP contribution in [0.4, 0.5) is 0 Å². The Balaban J connectivity index is 1.53. The summed E-state index contributed by atoms with van der Waals surface area (Å²) in [5.74, 6) is 1.14. The Morgan fingerprint density at radius 3 is 2.50 bits per heavy atom. The van der Waals surface area contributed by atoms with E-state index in [2.05, 4.69) is 33.7 Å². The van der Waals surface area contributed by atoms with Crippen molar-refractivity contribution in [3.63, 3.8) is 0 Å². The van der Waals surface area contributed by atoms with Crippen LogP contribution >= 0.6 is 23.2 Å². The van der Waals surface area contributed by atoms with Gasteiger partial charge in [-0.3, -0.25) is 0 Å². The first-order valence-electron chi connectivity index (χ1n) is 10.3. The summed E-state index contributed by atoms with van der Waals surface area (Å²) in [4.78, 5) is 7.55. The smallest absolute Gasteiger partial charge is 0.110 e. The molecule has 0 saturated carbocycles. The van der Waals surface area contributed by atoms with Crippen molar-refractivity contribution in [1.82, 2.24) is 14.5 Å². The maximum absolute atomic E-state index is 6.45. The minimum absolute atomic E-state index is 0.668. The molecule has 0 spiro atoms. The molecule has 1 aromatic heterocycles. The van der Waals surface area contributed by atoms with Crippen LogP contribution in [0, 0.1) is 0 Å². The number of benzene rings is 2. The molecule has 0 aliphatic carbocycles. The van der Waals surface area contributed by atoms with E-state index in [9.17, 15) is 0 Å². The molecule has 0 N–H and O–H groups in total. The highest BCUT2D eigenvalue weighted by atomic mass is 35.5. The van der Waals surface area contributed by atoms with E-state index in [0.717, 1.165) is 42.8 Å². The Morgan fingerprint density at radius 1 is 0.929 bits per heavy atom. The third kappa shape index (κ3) is 4.71. The Bertz CT molecular complexity index is 927. The number of halogens is 2. The van der Waals surface area contributed by atoms with E-state index in [1.54, 1.807) is 0 Å². The molecule has 1 fully saturated rings. The lowest BCUT2D eigenvalue weighted by Gasteiger charge is -2.19. The molecule has 1 aliphatic heterocycles. The number of aryl methyl sites for hydroxylation is 1. The van der Waals surface area contributed by atoms with Crippen LogP contribution in [0.5, 0.6) is 0 Å². The van der Waals surface area contributed by atoms with E-state index in [1.165, 1.54) is 44.3 Å². The van der Waals surface area contributed by atoms with Crippen LogP contribution < -0.4 is 0 Å². The van der Waals surface area contributed by atoms with Gasteiger partial charge in [-0.05, 0) is 68.7 Å². The summed E-state index contributed by atoms with van der Waals surface area (Å²) in [7, 11) is 0. The van der Waals surface area contributed by atoms with E-state index >= 15 is 0 Å². The lowest BCUT2D eigenvalue weighted by atomic mass is 10.2. The van der Waals surface area contributed by atoms with Crippen LogP contribution in [0.3, 0.4) is 0 Å². The summed E-state index contributed by atoms with van der Waals surface area (Å²) in [6.45, 7) is 4.37. The topological polar surface area (TPSA) is 21.1 Å².